The van der Waals surface area contributed by atoms with Gasteiger partial charge in [0.05, 0.1) is 16.7 Å². The van der Waals surface area contributed by atoms with Gasteiger partial charge in [-0.1, -0.05) is 11.3 Å². The number of amides is 1. The third-order valence-electron chi connectivity index (χ3n) is 3.64. The maximum absolute atomic E-state index is 12.6. The van der Waals surface area contributed by atoms with E-state index in [9.17, 15) is 18.3 Å². The molecule has 1 aliphatic rings. The van der Waals surface area contributed by atoms with E-state index in [0.29, 0.717) is 18.1 Å². The van der Waals surface area contributed by atoms with Crippen molar-refractivity contribution in [1.29, 1.82) is 0 Å². The van der Waals surface area contributed by atoms with E-state index < -0.39 is 16.1 Å². The molecular weight excluding hydrogens is 370 g/mol. The molecule has 3 heterocycles. The molecule has 2 aromatic heterocycles. The smallest absolute Gasteiger partial charge is 0.252 e. The Labute approximate surface area is 148 Å². The Hall–Kier alpha value is -1.33. The minimum absolute atomic E-state index is 0.141. The van der Waals surface area contributed by atoms with Crippen LogP contribution in [0.25, 0.3) is 10.4 Å². The molecule has 2 N–H and O–H groups in total. The Balaban J connectivity index is 1.88. The zero-order valence-electron chi connectivity index (χ0n) is 13.1. The van der Waals surface area contributed by atoms with Crippen LogP contribution in [-0.2, 0) is 14.8 Å². The van der Waals surface area contributed by atoms with Gasteiger partial charge in [0, 0.05) is 31.0 Å². The third kappa shape index (κ3) is 3.38. The lowest BCUT2D eigenvalue weighted by molar-refractivity contribution is -0.114. The molecule has 2 aromatic rings. The number of nitrogens with zero attached hydrogens (tertiary/aromatic N) is 2. The van der Waals surface area contributed by atoms with Gasteiger partial charge in [-0.05, 0) is 19.4 Å². The number of β-amino-alcohol motifs (C(OH)–C–C–N with tert-alkyl or cyclic N) is 1. The van der Waals surface area contributed by atoms with Crippen LogP contribution in [0.15, 0.2) is 15.7 Å². The SMILES string of the molecule is CC(=O)Nc1nc(C)c(-c2csc(S(=O)(=O)N3CCC(O)C3)c2)s1. The van der Waals surface area contributed by atoms with Gasteiger partial charge in [0.2, 0.25) is 5.91 Å². The minimum atomic E-state index is -3.58. The molecule has 0 aliphatic carbocycles. The number of thiophene rings is 1. The van der Waals surface area contributed by atoms with Crippen molar-refractivity contribution in [3.63, 3.8) is 0 Å². The summed E-state index contributed by atoms with van der Waals surface area (Å²) in [5.41, 5.74) is 1.51. The number of nitrogens with one attached hydrogen (secondary N) is 1. The number of sulfonamides is 1. The number of aromatic nitrogens is 1. The number of rotatable bonds is 4. The van der Waals surface area contributed by atoms with Crippen molar-refractivity contribution >= 4 is 43.7 Å². The summed E-state index contributed by atoms with van der Waals surface area (Å²) >= 11 is 2.46. The molecule has 24 heavy (non-hydrogen) atoms. The van der Waals surface area contributed by atoms with Crippen molar-refractivity contribution in [3.05, 3.63) is 17.1 Å². The van der Waals surface area contributed by atoms with Crippen LogP contribution >= 0.6 is 22.7 Å². The summed E-state index contributed by atoms with van der Waals surface area (Å²) in [5, 5.41) is 14.5. The van der Waals surface area contributed by atoms with Gasteiger partial charge in [-0.15, -0.1) is 11.3 Å². The maximum atomic E-state index is 12.6. The first-order valence-corrected chi connectivity index (χ1v) is 10.4. The molecule has 0 bridgehead atoms. The van der Waals surface area contributed by atoms with Crippen LogP contribution in [0, 0.1) is 6.92 Å². The Bertz CT molecular complexity index is 872. The molecule has 3 rings (SSSR count). The molecular formula is C14H17N3O4S3. The number of anilines is 1. The molecule has 7 nitrogen and oxygen atoms in total. The average Bonchev–Trinajstić information content (AvgIpc) is 3.18. The summed E-state index contributed by atoms with van der Waals surface area (Å²) in [6.45, 7) is 3.71. The van der Waals surface area contributed by atoms with Gasteiger partial charge in [0.15, 0.2) is 5.13 Å². The first-order valence-electron chi connectivity index (χ1n) is 7.29. The van der Waals surface area contributed by atoms with Crippen LogP contribution in [-0.4, -0.2) is 47.9 Å². The second-order valence-electron chi connectivity index (χ2n) is 5.57. The lowest BCUT2D eigenvalue weighted by atomic mass is 10.2. The van der Waals surface area contributed by atoms with E-state index in [1.807, 2.05) is 6.92 Å². The van der Waals surface area contributed by atoms with Gasteiger partial charge < -0.3 is 10.4 Å². The fraction of sp³-hybridized carbons (Fsp3) is 0.429. The molecule has 1 atom stereocenters. The maximum Gasteiger partial charge on any atom is 0.252 e. The molecule has 1 amide bonds. The van der Waals surface area contributed by atoms with Crippen LogP contribution in [0.3, 0.4) is 0 Å². The van der Waals surface area contributed by atoms with Gasteiger partial charge in [0.25, 0.3) is 10.0 Å². The molecule has 0 saturated carbocycles. The lowest BCUT2D eigenvalue weighted by Crippen LogP contribution is -2.29. The van der Waals surface area contributed by atoms with Crippen molar-refractivity contribution < 1.29 is 18.3 Å². The summed E-state index contributed by atoms with van der Waals surface area (Å²) < 4.78 is 26.8. The Morgan fingerprint density at radius 2 is 2.25 bits per heavy atom. The van der Waals surface area contributed by atoms with Crippen LogP contribution in [0.5, 0.6) is 0 Å². The highest BCUT2D eigenvalue weighted by molar-refractivity contribution is 7.91. The van der Waals surface area contributed by atoms with Crippen molar-refractivity contribution in [2.45, 2.75) is 30.6 Å². The highest BCUT2D eigenvalue weighted by Gasteiger charge is 2.32. The fourth-order valence-electron chi connectivity index (χ4n) is 2.50. The quantitative estimate of drug-likeness (QED) is 0.835. The number of aliphatic hydroxyl groups is 1. The molecule has 0 aromatic carbocycles. The molecule has 1 saturated heterocycles. The fourth-order valence-corrected chi connectivity index (χ4v) is 6.39. The highest BCUT2D eigenvalue weighted by atomic mass is 32.2. The number of aliphatic hydroxyl groups excluding tert-OH is 1. The normalized spacial score (nSPS) is 18.9. The second kappa shape index (κ2) is 6.52. The van der Waals surface area contributed by atoms with Gasteiger partial charge in [-0.25, -0.2) is 13.4 Å². The van der Waals surface area contributed by atoms with E-state index in [-0.39, 0.29) is 16.7 Å². The van der Waals surface area contributed by atoms with Crippen molar-refractivity contribution in [2.24, 2.45) is 0 Å². The van der Waals surface area contributed by atoms with Crippen molar-refractivity contribution in [2.75, 3.05) is 18.4 Å². The largest absolute Gasteiger partial charge is 0.392 e. The van der Waals surface area contributed by atoms with Crippen LogP contribution < -0.4 is 5.32 Å². The van der Waals surface area contributed by atoms with Gasteiger partial charge in [-0.2, -0.15) is 4.31 Å². The van der Waals surface area contributed by atoms with Gasteiger partial charge in [-0.3, -0.25) is 4.79 Å². The van der Waals surface area contributed by atoms with E-state index in [4.69, 9.17) is 0 Å². The zero-order chi connectivity index (χ0) is 17.5. The van der Waals surface area contributed by atoms with E-state index >= 15 is 0 Å². The summed E-state index contributed by atoms with van der Waals surface area (Å²) in [4.78, 5) is 16.2. The monoisotopic (exact) mass is 387 g/mol. The molecule has 1 aliphatic heterocycles. The van der Waals surface area contributed by atoms with Crippen LogP contribution in [0.2, 0.25) is 0 Å². The topological polar surface area (TPSA) is 99.6 Å². The predicted molar refractivity (Wildman–Crippen MR) is 93.9 cm³/mol. The number of aryl methyl sites for hydroxylation is 1. The van der Waals surface area contributed by atoms with Crippen molar-refractivity contribution in [3.8, 4) is 10.4 Å². The molecule has 130 valence electrons. The molecule has 0 radical (unpaired) electrons. The Kier molecular flexibility index (Phi) is 4.76. The van der Waals surface area contributed by atoms with Crippen molar-refractivity contribution in [1.82, 2.24) is 9.29 Å². The summed E-state index contributed by atoms with van der Waals surface area (Å²) in [5.74, 6) is -0.198. The van der Waals surface area contributed by atoms with Gasteiger partial charge >= 0.3 is 0 Å². The second-order valence-corrected chi connectivity index (χ2v) is 9.65. The number of carbonyl (C=O) groups is 1. The number of thiazole rings is 1. The van der Waals surface area contributed by atoms with Crippen LogP contribution in [0.4, 0.5) is 5.13 Å². The zero-order valence-corrected chi connectivity index (χ0v) is 15.6. The predicted octanol–water partition coefficient (Wildman–Crippen LogP) is 1.89. The highest BCUT2D eigenvalue weighted by Crippen LogP contribution is 2.37. The van der Waals surface area contributed by atoms with Gasteiger partial charge in [0.1, 0.15) is 4.21 Å². The van der Waals surface area contributed by atoms with E-state index in [2.05, 4.69) is 10.3 Å². The molecule has 10 heteroatoms. The summed E-state index contributed by atoms with van der Waals surface area (Å²) in [6, 6.07) is 1.63. The summed E-state index contributed by atoms with van der Waals surface area (Å²) in [6.07, 6.45) is -0.131. The average molecular weight is 388 g/mol. The summed E-state index contributed by atoms with van der Waals surface area (Å²) in [7, 11) is -3.58. The Morgan fingerprint density at radius 3 is 2.88 bits per heavy atom. The molecule has 1 fully saturated rings. The molecule has 0 spiro atoms. The van der Waals surface area contributed by atoms with E-state index in [1.54, 1.807) is 11.4 Å². The first-order chi connectivity index (χ1) is 11.3. The standard InChI is InChI=1S/C14H17N3O4S3/c1-8-13(23-14(15-8)16-9(2)18)10-5-12(22-7-10)24(20,21)17-4-3-11(19)6-17/h5,7,11,19H,3-4,6H2,1-2H3,(H,15,16,18). The number of hydrogen-bond donors (Lipinski definition) is 2. The number of hydrogen-bond acceptors (Lipinski definition) is 7. The number of carbonyl (C=O) groups excluding carboxylic acids is 1. The van der Waals surface area contributed by atoms with E-state index in [1.165, 1.54) is 22.6 Å². The Morgan fingerprint density at radius 1 is 1.50 bits per heavy atom. The minimum Gasteiger partial charge on any atom is -0.392 e. The van der Waals surface area contributed by atoms with Crippen LogP contribution in [0.1, 0.15) is 19.0 Å². The third-order valence-corrected chi connectivity index (χ3v) is 8.04. The molecule has 1 unspecified atom stereocenters. The lowest BCUT2D eigenvalue weighted by Gasteiger charge is -2.13. The first kappa shape index (κ1) is 17.5. The van der Waals surface area contributed by atoms with E-state index in [0.717, 1.165) is 27.5 Å².